The van der Waals surface area contributed by atoms with E-state index in [1.54, 1.807) is 24.7 Å². The number of carbonyl (C=O) groups is 1. The highest BCUT2D eigenvalue weighted by molar-refractivity contribution is 7.91. The Morgan fingerprint density at radius 2 is 1.73 bits per heavy atom. The zero-order valence-electron chi connectivity index (χ0n) is 20.7. The first-order valence-corrected chi connectivity index (χ1v) is 14.3. The van der Waals surface area contributed by atoms with Crippen LogP contribution in [0.5, 0.6) is 0 Å². The van der Waals surface area contributed by atoms with Gasteiger partial charge in [0.25, 0.3) is 0 Å². The lowest BCUT2D eigenvalue weighted by Gasteiger charge is -2.37. The Balaban J connectivity index is 1.32. The highest BCUT2D eigenvalue weighted by atomic mass is 32.2. The third-order valence-electron chi connectivity index (χ3n) is 6.91. The van der Waals surface area contributed by atoms with Crippen LogP contribution in [0, 0.1) is 11.7 Å². The molecular formula is C25H28FN7O3S. The minimum absolute atomic E-state index is 0.115. The number of piperidine rings is 1. The van der Waals surface area contributed by atoms with E-state index >= 15 is 0 Å². The summed E-state index contributed by atoms with van der Waals surface area (Å²) in [5, 5.41) is 0. The molecule has 2 aliphatic rings. The Morgan fingerprint density at radius 3 is 2.43 bits per heavy atom. The number of nitrogens with zero attached hydrogens (tertiary/aromatic N) is 7. The van der Waals surface area contributed by atoms with E-state index in [9.17, 15) is 17.6 Å². The molecule has 5 rings (SSSR count). The third kappa shape index (κ3) is 5.58. The number of carbonyl (C=O) groups excluding carboxylic acids is 1. The molecule has 0 bridgehead atoms. The van der Waals surface area contributed by atoms with Gasteiger partial charge in [-0.3, -0.25) is 4.79 Å². The summed E-state index contributed by atoms with van der Waals surface area (Å²) in [6, 6.07) is 4.46. The summed E-state index contributed by atoms with van der Waals surface area (Å²) in [7, 11) is -3.35. The standard InChI is InChI=1S/C25H28FN7O3S/c1-16-19-14-29-25(24-27-7-3-8-28-24)30-20(19)6-11-33(16)23-13-18(26)12-22(31-23)32-9-4-17(5-10-32)21(34)15-37(2,35)36/h3,7-8,12-14,16-17H,4-6,9-11,15H2,1-2H3. The molecule has 1 saturated heterocycles. The van der Waals surface area contributed by atoms with Gasteiger partial charge in [0, 0.05) is 74.5 Å². The fourth-order valence-electron chi connectivity index (χ4n) is 4.99. The van der Waals surface area contributed by atoms with Gasteiger partial charge in [0.1, 0.15) is 23.2 Å². The maximum atomic E-state index is 14.7. The van der Waals surface area contributed by atoms with Gasteiger partial charge in [-0.05, 0) is 25.8 Å². The van der Waals surface area contributed by atoms with Gasteiger partial charge in [-0.2, -0.15) is 0 Å². The highest BCUT2D eigenvalue weighted by Crippen LogP contribution is 2.34. The Bertz CT molecular complexity index is 1410. The molecule has 0 amide bonds. The lowest BCUT2D eigenvalue weighted by molar-refractivity contribution is -0.120. The average molecular weight is 526 g/mol. The number of sulfone groups is 1. The molecule has 0 aromatic carbocycles. The number of hydrogen-bond donors (Lipinski definition) is 0. The molecule has 1 unspecified atom stereocenters. The number of fused-ring (bicyclic) bond motifs is 1. The maximum Gasteiger partial charge on any atom is 0.197 e. The van der Waals surface area contributed by atoms with Gasteiger partial charge in [-0.15, -0.1) is 0 Å². The SMILES string of the molecule is CC1c2cnc(-c3ncccn3)nc2CCN1c1cc(F)cc(N2CCC(C(=O)CS(C)(=O)=O)CC2)n1. The maximum absolute atomic E-state index is 14.7. The van der Waals surface area contributed by atoms with Crippen LogP contribution in [0.1, 0.15) is 37.1 Å². The van der Waals surface area contributed by atoms with Crippen LogP contribution in [-0.4, -0.2) is 70.8 Å². The third-order valence-corrected chi connectivity index (χ3v) is 7.72. The minimum Gasteiger partial charge on any atom is -0.356 e. The monoisotopic (exact) mass is 525 g/mol. The second kappa shape index (κ2) is 10.1. The minimum atomic E-state index is -3.35. The molecule has 2 aliphatic heterocycles. The normalized spacial score (nSPS) is 18.5. The summed E-state index contributed by atoms with van der Waals surface area (Å²) in [4.78, 5) is 38.7. The van der Waals surface area contributed by atoms with Crippen molar-refractivity contribution in [2.24, 2.45) is 5.92 Å². The van der Waals surface area contributed by atoms with Crippen molar-refractivity contribution >= 4 is 27.3 Å². The van der Waals surface area contributed by atoms with E-state index in [4.69, 9.17) is 4.98 Å². The molecule has 0 spiro atoms. The van der Waals surface area contributed by atoms with Crippen LogP contribution in [0.15, 0.2) is 36.8 Å². The van der Waals surface area contributed by atoms with Crippen molar-refractivity contribution < 1.29 is 17.6 Å². The van der Waals surface area contributed by atoms with Gasteiger partial charge in [0.15, 0.2) is 27.3 Å². The van der Waals surface area contributed by atoms with E-state index < -0.39 is 15.6 Å². The first kappa shape index (κ1) is 25.1. The van der Waals surface area contributed by atoms with Gasteiger partial charge in [-0.25, -0.2) is 37.7 Å². The van der Waals surface area contributed by atoms with Gasteiger partial charge in [-0.1, -0.05) is 0 Å². The molecule has 0 N–H and O–H groups in total. The number of anilines is 2. The fraction of sp³-hybridized carbons (Fsp3) is 0.440. The van der Waals surface area contributed by atoms with Crippen LogP contribution in [0.2, 0.25) is 0 Å². The molecule has 0 aliphatic carbocycles. The van der Waals surface area contributed by atoms with Crippen LogP contribution in [0.25, 0.3) is 11.6 Å². The van der Waals surface area contributed by atoms with Gasteiger partial charge in [0.05, 0.1) is 11.7 Å². The second-order valence-electron chi connectivity index (χ2n) is 9.59. The lowest BCUT2D eigenvalue weighted by Crippen LogP contribution is -2.39. The van der Waals surface area contributed by atoms with E-state index in [-0.39, 0.29) is 23.6 Å². The fourth-order valence-corrected chi connectivity index (χ4v) is 5.74. The van der Waals surface area contributed by atoms with E-state index in [2.05, 4.69) is 19.9 Å². The summed E-state index contributed by atoms with van der Waals surface area (Å²) >= 11 is 0. The molecule has 0 saturated carbocycles. The summed E-state index contributed by atoms with van der Waals surface area (Å²) in [5.74, 6) is 0.611. The topological polar surface area (TPSA) is 122 Å². The number of pyridine rings is 1. The van der Waals surface area contributed by atoms with Crippen LogP contribution in [-0.2, 0) is 21.1 Å². The van der Waals surface area contributed by atoms with E-state index in [0.717, 1.165) is 17.5 Å². The zero-order chi connectivity index (χ0) is 26.2. The summed E-state index contributed by atoms with van der Waals surface area (Å²) < 4.78 is 37.7. The summed E-state index contributed by atoms with van der Waals surface area (Å²) in [6.07, 6.45) is 7.82. The Labute approximate surface area is 214 Å². The first-order chi connectivity index (χ1) is 17.7. The molecule has 5 heterocycles. The van der Waals surface area contributed by atoms with Crippen molar-refractivity contribution in [3.63, 3.8) is 0 Å². The molecule has 1 atom stereocenters. The van der Waals surface area contributed by atoms with Crippen LogP contribution >= 0.6 is 0 Å². The number of aromatic nitrogens is 5. The van der Waals surface area contributed by atoms with E-state index in [0.29, 0.717) is 62.2 Å². The van der Waals surface area contributed by atoms with E-state index in [1.807, 2.05) is 16.7 Å². The number of halogens is 1. The number of hydrogen-bond acceptors (Lipinski definition) is 10. The molecule has 3 aromatic heterocycles. The van der Waals surface area contributed by atoms with Crippen LogP contribution < -0.4 is 9.80 Å². The van der Waals surface area contributed by atoms with Crippen LogP contribution in [0.3, 0.4) is 0 Å². The highest BCUT2D eigenvalue weighted by Gasteiger charge is 2.30. The van der Waals surface area contributed by atoms with Gasteiger partial charge in [0.2, 0.25) is 0 Å². The molecule has 0 radical (unpaired) electrons. The molecule has 1 fully saturated rings. The van der Waals surface area contributed by atoms with Crippen molar-refractivity contribution in [2.45, 2.75) is 32.2 Å². The zero-order valence-corrected chi connectivity index (χ0v) is 21.5. The van der Waals surface area contributed by atoms with Crippen molar-refractivity contribution in [3.05, 3.63) is 53.9 Å². The Morgan fingerprint density at radius 1 is 1.03 bits per heavy atom. The summed E-state index contributed by atoms with van der Waals surface area (Å²) in [6.45, 7) is 3.64. The lowest BCUT2D eigenvalue weighted by atomic mass is 9.93. The average Bonchev–Trinajstić information content (AvgIpc) is 2.88. The molecule has 194 valence electrons. The number of Topliss-reactive ketones (excluding diaryl/α,β-unsaturated/α-hetero) is 1. The quantitative estimate of drug-likeness (QED) is 0.474. The van der Waals surface area contributed by atoms with Gasteiger partial charge >= 0.3 is 0 Å². The van der Waals surface area contributed by atoms with Crippen LogP contribution in [0.4, 0.5) is 16.0 Å². The predicted octanol–water partition coefficient (Wildman–Crippen LogP) is 2.42. The number of rotatable bonds is 6. The van der Waals surface area contributed by atoms with Crippen molar-refractivity contribution in [1.29, 1.82) is 0 Å². The Hall–Kier alpha value is -3.54. The predicted molar refractivity (Wildman–Crippen MR) is 136 cm³/mol. The van der Waals surface area contributed by atoms with Gasteiger partial charge < -0.3 is 9.80 Å². The first-order valence-electron chi connectivity index (χ1n) is 12.2. The van der Waals surface area contributed by atoms with E-state index in [1.165, 1.54) is 12.1 Å². The second-order valence-corrected chi connectivity index (χ2v) is 11.7. The molecule has 37 heavy (non-hydrogen) atoms. The number of ketones is 1. The molecule has 12 heteroatoms. The summed E-state index contributed by atoms with van der Waals surface area (Å²) in [5.41, 5.74) is 1.86. The van der Waals surface area contributed by atoms with Crippen molar-refractivity contribution in [1.82, 2.24) is 24.9 Å². The molecule has 3 aromatic rings. The largest absolute Gasteiger partial charge is 0.356 e. The molecule has 10 nitrogen and oxygen atoms in total. The Kier molecular flexibility index (Phi) is 6.84. The molecular weight excluding hydrogens is 497 g/mol. The van der Waals surface area contributed by atoms with Crippen molar-refractivity contribution in [3.8, 4) is 11.6 Å². The van der Waals surface area contributed by atoms with Crippen molar-refractivity contribution in [2.75, 3.05) is 41.4 Å². The smallest absolute Gasteiger partial charge is 0.197 e.